The molecule has 2 unspecified atom stereocenters. The van der Waals surface area contributed by atoms with Gasteiger partial charge in [0.25, 0.3) is 0 Å². The number of carbonyl (C=O) groups excluding carboxylic acids is 1. The first-order chi connectivity index (χ1) is 14.7. The van der Waals surface area contributed by atoms with E-state index in [1.165, 1.54) is 5.56 Å². The molecule has 4 rings (SSSR count). The highest BCUT2D eigenvalue weighted by molar-refractivity contribution is 5.86. The Hall–Kier alpha value is -3.60. The van der Waals surface area contributed by atoms with E-state index in [-0.39, 0.29) is 11.8 Å². The molecule has 1 aliphatic rings. The van der Waals surface area contributed by atoms with Crippen LogP contribution >= 0.6 is 0 Å². The molecule has 2 atom stereocenters. The maximum Gasteiger partial charge on any atom is 0.243 e. The van der Waals surface area contributed by atoms with Crippen LogP contribution in [-0.4, -0.2) is 19.2 Å². The third-order valence-corrected chi connectivity index (χ3v) is 5.17. The Morgan fingerprint density at radius 1 is 1.03 bits per heavy atom. The van der Waals surface area contributed by atoms with Crippen LogP contribution < -0.4 is 14.9 Å². The van der Waals surface area contributed by atoms with Gasteiger partial charge in [0.1, 0.15) is 6.61 Å². The lowest BCUT2D eigenvalue weighted by Gasteiger charge is -2.11. The van der Waals surface area contributed by atoms with E-state index in [9.17, 15) is 4.79 Å². The molecular formula is C25H24N2O3. The summed E-state index contributed by atoms with van der Waals surface area (Å²) in [5, 5.41) is 4.11. The van der Waals surface area contributed by atoms with Gasteiger partial charge in [0.05, 0.1) is 13.3 Å². The summed E-state index contributed by atoms with van der Waals surface area (Å²) in [6, 6.07) is 25.6. The molecule has 1 fully saturated rings. The molecule has 0 radical (unpaired) electrons. The Morgan fingerprint density at radius 2 is 1.77 bits per heavy atom. The van der Waals surface area contributed by atoms with Crippen LogP contribution in [0.2, 0.25) is 0 Å². The van der Waals surface area contributed by atoms with Gasteiger partial charge in [-0.05, 0) is 47.2 Å². The molecule has 0 spiro atoms. The molecule has 0 aliphatic heterocycles. The van der Waals surface area contributed by atoms with E-state index in [0.29, 0.717) is 24.0 Å². The number of benzene rings is 3. The molecule has 30 heavy (non-hydrogen) atoms. The average molecular weight is 400 g/mol. The summed E-state index contributed by atoms with van der Waals surface area (Å²) in [4.78, 5) is 12.3. The average Bonchev–Trinajstić information content (AvgIpc) is 3.60. The van der Waals surface area contributed by atoms with Crippen molar-refractivity contribution in [3.63, 3.8) is 0 Å². The third kappa shape index (κ3) is 4.87. The molecule has 3 aromatic carbocycles. The zero-order valence-electron chi connectivity index (χ0n) is 16.8. The SMILES string of the molecule is COc1cc(C=NNC(=O)C2CC2c2ccccc2)ccc1OCc1ccccc1. The quantitative estimate of drug-likeness (QED) is 0.446. The van der Waals surface area contributed by atoms with Gasteiger partial charge in [-0.3, -0.25) is 4.79 Å². The fourth-order valence-electron chi connectivity index (χ4n) is 3.43. The molecular weight excluding hydrogens is 376 g/mol. The maximum atomic E-state index is 12.3. The minimum Gasteiger partial charge on any atom is -0.493 e. The topological polar surface area (TPSA) is 59.9 Å². The fraction of sp³-hybridized carbons (Fsp3) is 0.200. The number of hydrogen-bond acceptors (Lipinski definition) is 4. The van der Waals surface area contributed by atoms with Crippen LogP contribution in [0.25, 0.3) is 0 Å². The number of hydrogen-bond donors (Lipinski definition) is 1. The first-order valence-electron chi connectivity index (χ1n) is 9.97. The second-order valence-corrected chi connectivity index (χ2v) is 7.28. The van der Waals surface area contributed by atoms with E-state index in [1.54, 1.807) is 13.3 Å². The predicted molar refractivity (Wildman–Crippen MR) is 117 cm³/mol. The second kappa shape index (κ2) is 9.27. The number of rotatable bonds is 8. The van der Waals surface area contributed by atoms with Crippen LogP contribution in [0.5, 0.6) is 11.5 Å². The lowest BCUT2D eigenvalue weighted by Crippen LogP contribution is -2.20. The van der Waals surface area contributed by atoms with Gasteiger partial charge in [-0.1, -0.05) is 60.7 Å². The first-order valence-corrected chi connectivity index (χ1v) is 9.97. The van der Waals surface area contributed by atoms with Gasteiger partial charge in [-0.2, -0.15) is 5.10 Å². The minimum atomic E-state index is -0.0464. The summed E-state index contributed by atoms with van der Waals surface area (Å²) in [5.41, 5.74) is 5.76. The zero-order chi connectivity index (χ0) is 20.8. The van der Waals surface area contributed by atoms with Crippen LogP contribution in [0, 0.1) is 5.92 Å². The molecule has 152 valence electrons. The van der Waals surface area contributed by atoms with Gasteiger partial charge in [0, 0.05) is 5.92 Å². The van der Waals surface area contributed by atoms with E-state index >= 15 is 0 Å². The van der Waals surface area contributed by atoms with Gasteiger partial charge in [-0.15, -0.1) is 0 Å². The van der Waals surface area contributed by atoms with Crippen molar-refractivity contribution in [2.75, 3.05) is 7.11 Å². The smallest absolute Gasteiger partial charge is 0.243 e. The highest BCUT2D eigenvalue weighted by Crippen LogP contribution is 2.47. The summed E-state index contributed by atoms with van der Waals surface area (Å²) < 4.78 is 11.3. The molecule has 5 heteroatoms. The Labute approximate surface area is 176 Å². The summed E-state index contributed by atoms with van der Waals surface area (Å²) in [7, 11) is 1.60. The molecule has 0 heterocycles. The van der Waals surface area contributed by atoms with E-state index in [4.69, 9.17) is 9.47 Å². The van der Waals surface area contributed by atoms with Crippen molar-refractivity contribution in [2.45, 2.75) is 18.9 Å². The van der Waals surface area contributed by atoms with Crippen molar-refractivity contribution in [1.29, 1.82) is 0 Å². The lowest BCUT2D eigenvalue weighted by molar-refractivity contribution is -0.122. The molecule has 5 nitrogen and oxygen atoms in total. The Balaban J connectivity index is 1.32. The summed E-state index contributed by atoms with van der Waals surface area (Å²) in [5.74, 6) is 1.52. The number of amides is 1. The van der Waals surface area contributed by atoms with E-state index in [0.717, 1.165) is 17.5 Å². The normalized spacial score (nSPS) is 17.5. The van der Waals surface area contributed by atoms with Crippen LogP contribution in [0.4, 0.5) is 0 Å². The number of methoxy groups -OCH3 is 1. The van der Waals surface area contributed by atoms with Crippen LogP contribution in [0.1, 0.15) is 29.0 Å². The van der Waals surface area contributed by atoms with Gasteiger partial charge >= 0.3 is 0 Å². The van der Waals surface area contributed by atoms with E-state index in [1.807, 2.05) is 66.7 Å². The summed E-state index contributed by atoms with van der Waals surface area (Å²) >= 11 is 0. The molecule has 1 N–H and O–H groups in total. The molecule has 1 amide bonds. The van der Waals surface area contributed by atoms with Crippen LogP contribution in [-0.2, 0) is 11.4 Å². The molecule has 0 bridgehead atoms. The molecule has 0 aromatic heterocycles. The summed E-state index contributed by atoms with van der Waals surface area (Å²) in [6.07, 6.45) is 2.48. The van der Waals surface area contributed by atoms with Crippen molar-refractivity contribution in [1.82, 2.24) is 5.43 Å². The highest BCUT2D eigenvalue weighted by Gasteiger charge is 2.43. The van der Waals surface area contributed by atoms with Gasteiger partial charge in [-0.25, -0.2) is 5.43 Å². The molecule has 1 saturated carbocycles. The second-order valence-electron chi connectivity index (χ2n) is 7.28. The number of hydrazone groups is 1. The Kier molecular flexibility index (Phi) is 6.09. The molecule has 3 aromatic rings. The standard InChI is InChI=1S/C25H24N2O3/c1-29-24-14-19(12-13-23(24)30-17-18-8-4-2-5-9-18)16-26-27-25(28)22-15-21(22)20-10-6-3-7-11-20/h2-14,16,21-22H,15,17H2,1H3,(H,27,28). The first kappa shape index (κ1) is 19.7. The van der Waals surface area contributed by atoms with Gasteiger partial charge < -0.3 is 9.47 Å². The van der Waals surface area contributed by atoms with Crippen molar-refractivity contribution in [3.05, 3.63) is 95.6 Å². The van der Waals surface area contributed by atoms with Crippen LogP contribution in [0.15, 0.2) is 84.0 Å². The number of ether oxygens (including phenoxy) is 2. The third-order valence-electron chi connectivity index (χ3n) is 5.17. The monoisotopic (exact) mass is 400 g/mol. The predicted octanol–water partition coefficient (Wildman–Crippen LogP) is 4.53. The van der Waals surface area contributed by atoms with Crippen molar-refractivity contribution >= 4 is 12.1 Å². The van der Waals surface area contributed by atoms with Gasteiger partial charge in [0.2, 0.25) is 5.91 Å². The van der Waals surface area contributed by atoms with Crippen molar-refractivity contribution < 1.29 is 14.3 Å². The van der Waals surface area contributed by atoms with Gasteiger partial charge in [0.15, 0.2) is 11.5 Å². The van der Waals surface area contributed by atoms with E-state index < -0.39 is 0 Å². The lowest BCUT2D eigenvalue weighted by atomic mass is 10.1. The number of carbonyl (C=O) groups is 1. The summed E-state index contributed by atoms with van der Waals surface area (Å²) in [6.45, 7) is 0.463. The molecule has 1 aliphatic carbocycles. The zero-order valence-corrected chi connectivity index (χ0v) is 16.8. The van der Waals surface area contributed by atoms with E-state index in [2.05, 4.69) is 22.7 Å². The molecule has 0 saturated heterocycles. The number of nitrogens with zero attached hydrogens (tertiary/aromatic N) is 1. The van der Waals surface area contributed by atoms with Crippen molar-refractivity contribution in [3.8, 4) is 11.5 Å². The minimum absolute atomic E-state index is 0.00662. The fourth-order valence-corrected chi connectivity index (χ4v) is 3.43. The Bertz CT molecular complexity index is 1020. The highest BCUT2D eigenvalue weighted by atomic mass is 16.5. The van der Waals surface area contributed by atoms with Crippen molar-refractivity contribution in [2.24, 2.45) is 11.0 Å². The Morgan fingerprint density at radius 3 is 2.50 bits per heavy atom. The largest absolute Gasteiger partial charge is 0.493 e. The maximum absolute atomic E-state index is 12.3. The number of nitrogens with one attached hydrogen (secondary N) is 1. The van der Waals surface area contributed by atoms with Crippen LogP contribution in [0.3, 0.4) is 0 Å².